The molecular formula is C25H31ClN6O. The molecule has 0 spiro atoms. The maximum Gasteiger partial charge on any atom is 0.232 e. The van der Waals surface area contributed by atoms with Gasteiger partial charge in [0.05, 0.1) is 11.3 Å². The number of rotatable bonds is 6. The Balaban J connectivity index is 1.41. The number of nitrogens with zero attached hydrogens (tertiary/aromatic N) is 4. The molecule has 8 heteroatoms. The molecule has 2 bridgehead atoms. The van der Waals surface area contributed by atoms with Crippen LogP contribution in [0.3, 0.4) is 0 Å². The van der Waals surface area contributed by atoms with Gasteiger partial charge in [0.15, 0.2) is 0 Å². The Morgan fingerprint density at radius 2 is 1.88 bits per heavy atom. The van der Waals surface area contributed by atoms with Crippen LogP contribution in [-0.4, -0.2) is 63.5 Å². The molecule has 7 nitrogen and oxygen atoms in total. The number of anilines is 1. The van der Waals surface area contributed by atoms with E-state index < -0.39 is 0 Å². The number of carbonyl (C=O) groups is 1. The minimum Gasteiger partial charge on any atom is -0.352 e. The Labute approximate surface area is 199 Å². The lowest BCUT2D eigenvalue weighted by atomic mass is 9.87. The summed E-state index contributed by atoms with van der Waals surface area (Å²) >= 11 is 6.13. The Morgan fingerprint density at radius 1 is 1.15 bits per heavy atom. The molecule has 0 aliphatic carbocycles. The minimum absolute atomic E-state index is 0.183. The zero-order chi connectivity index (χ0) is 22.9. The zero-order valence-corrected chi connectivity index (χ0v) is 19.9. The molecule has 174 valence electrons. The lowest BCUT2D eigenvalue weighted by Crippen LogP contribution is -2.64. The number of fused-ring (bicyclic) bond motifs is 3. The summed E-state index contributed by atoms with van der Waals surface area (Å²) in [5, 5.41) is 5.21. The van der Waals surface area contributed by atoms with E-state index >= 15 is 0 Å². The fourth-order valence-corrected chi connectivity index (χ4v) is 5.45. The maximum absolute atomic E-state index is 14.0. The molecule has 5 rings (SSSR count). The van der Waals surface area contributed by atoms with Crippen molar-refractivity contribution in [3.63, 3.8) is 0 Å². The Morgan fingerprint density at radius 3 is 2.58 bits per heavy atom. The van der Waals surface area contributed by atoms with Crippen molar-refractivity contribution >= 4 is 34.4 Å². The first-order chi connectivity index (χ1) is 16.0. The van der Waals surface area contributed by atoms with Gasteiger partial charge in [-0.3, -0.25) is 4.79 Å². The fourth-order valence-electron chi connectivity index (χ4n) is 5.33. The first kappa shape index (κ1) is 22.2. The summed E-state index contributed by atoms with van der Waals surface area (Å²) < 4.78 is 0. The Bertz CT molecular complexity index is 1100. The van der Waals surface area contributed by atoms with E-state index in [1.54, 1.807) is 6.33 Å². The third-order valence-electron chi connectivity index (χ3n) is 6.91. The number of nitrogens with one attached hydrogen (secondary N) is 2. The topological polar surface area (TPSA) is 77.2 Å². The third-order valence-corrected chi connectivity index (χ3v) is 7.16. The van der Waals surface area contributed by atoms with Crippen LogP contribution in [0, 0.1) is 0 Å². The molecule has 2 fully saturated rings. The van der Waals surface area contributed by atoms with Gasteiger partial charge in [-0.2, -0.15) is 0 Å². The number of benzene rings is 1. The van der Waals surface area contributed by atoms with E-state index in [0.29, 0.717) is 17.6 Å². The van der Waals surface area contributed by atoms with Gasteiger partial charge in [0.2, 0.25) is 5.91 Å². The monoisotopic (exact) mass is 466 g/mol. The van der Waals surface area contributed by atoms with E-state index in [4.69, 9.17) is 11.6 Å². The Hall–Kier alpha value is -2.64. The first-order valence-electron chi connectivity index (χ1n) is 11.9. The number of carbonyl (C=O) groups excluding carboxylic acids is 1. The molecule has 2 aromatic heterocycles. The molecule has 1 amide bonds. The number of amides is 1. The molecule has 3 atom stereocenters. The molecule has 1 aromatic carbocycles. The lowest BCUT2D eigenvalue weighted by molar-refractivity contribution is -0.140. The highest BCUT2D eigenvalue weighted by atomic mass is 35.5. The van der Waals surface area contributed by atoms with Gasteiger partial charge < -0.3 is 20.1 Å². The van der Waals surface area contributed by atoms with Gasteiger partial charge in [-0.25, -0.2) is 9.97 Å². The zero-order valence-electron chi connectivity index (χ0n) is 19.2. The van der Waals surface area contributed by atoms with Gasteiger partial charge in [-0.15, -0.1) is 0 Å². The van der Waals surface area contributed by atoms with Gasteiger partial charge in [0, 0.05) is 49.0 Å². The Kier molecular flexibility index (Phi) is 6.25. The lowest BCUT2D eigenvalue weighted by Gasteiger charge is -2.51. The van der Waals surface area contributed by atoms with Gasteiger partial charge in [-0.05, 0) is 43.0 Å². The van der Waals surface area contributed by atoms with E-state index in [0.717, 1.165) is 54.8 Å². The normalized spacial score (nSPS) is 21.6. The van der Waals surface area contributed by atoms with Crippen LogP contribution in [0.5, 0.6) is 0 Å². The summed E-state index contributed by atoms with van der Waals surface area (Å²) in [5.74, 6) is 0.949. The smallest absolute Gasteiger partial charge is 0.232 e. The molecule has 2 aliphatic rings. The molecule has 3 unspecified atom stereocenters. The van der Waals surface area contributed by atoms with Crippen LogP contribution in [0.1, 0.15) is 44.6 Å². The van der Waals surface area contributed by atoms with Crippen molar-refractivity contribution in [2.45, 2.75) is 57.2 Å². The predicted molar refractivity (Wildman–Crippen MR) is 132 cm³/mol. The number of aromatic nitrogens is 3. The minimum atomic E-state index is -0.227. The van der Waals surface area contributed by atoms with Gasteiger partial charge in [0.25, 0.3) is 0 Å². The summed E-state index contributed by atoms with van der Waals surface area (Å²) in [6.07, 6.45) is 6.72. The quantitative estimate of drug-likeness (QED) is 0.575. The van der Waals surface area contributed by atoms with E-state index in [-0.39, 0.29) is 23.9 Å². The molecular weight excluding hydrogens is 436 g/mol. The first-order valence-corrected chi connectivity index (χ1v) is 12.2. The van der Waals surface area contributed by atoms with E-state index in [2.05, 4.69) is 43.9 Å². The van der Waals surface area contributed by atoms with Crippen molar-refractivity contribution in [3.05, 3.63) is 53.4 Å². The largest absolute Gasteiger partial charge is 0.352 e. The van der Waals surface area contributed by atoms with Crippen molar-refractivity contribution in [1.29, 1.82) is 0 Å². The molecule has 3 aromatic rings. The van der Waals surface area contributed by atoms with E-state index in [9.17, 15) is 4.79 Å². The van der Waals surface area contributed by atoms with Crippen LogP contribution in [0.2, 0.25) is 5.02 Å². The van der Waals surface area contributed by atoms with Gasteiger partial charge in [-0.1, -0.05) is 37.6 Å². The fraction of sp³-hybridized carbons (Fsp3) is 0.480. The molecule has 0 saturated carbocycles. The summed E-state index contributed by atoms with van der Waals surface area (Å²) in [6.45, 7) is 6.43. The van der Waals surface area contributed by atoms with Crippen molar-refractivity contribution in [2.24, 2.45) is 0 Å². The van der Waals surface area contributed by atoms with Crippen LogP contribution in [-0.2, 0) is 4.79 Å². The van der Waals surface area contributed by atoms with Crippen LogP contribution in [0.15, 0.2) is 42.9 Å². The third kappa shape index (κ3) is 4.44. The number of hydrogen-bond donors (Lipinski definition) is 2. The van der Waals surface area contributed by atoms with Crippen molar-refractivity contribution in [1.82, 2.24) is 25.2 Å². The maximum atomic E-state index is 14.0. The molecule has 2 aliphatic heterocycles. The SMILES string of the molecule is CC(C)NCC(C(=O)N1C2CCCC1CN(c1ncnc3[nH]ccc13)C2)c1ccc(Cl)cc1. The highest BCUT2D eigenvalue weighted by Crippen LogP contribution is 2.35. The highest BCUT2D eigenvalue weighted by molar-refractivity contribution is 6.30. The average molecular weight is 467 g/mol. The highest BCUT2D eigenvalue weighted by Gasteiger charge is 2.43. The van der Waals surface area contributed by atoms with Crippen molar-refractivity contribution in [2.75, 3.05) is 24.5 Å². The number of halogens is 1. The van der Waals surface area contributed by atoms with Gasteiger partial charge in [0.1, 0.15) is 17.8 Å². The number of piperidine rings is 1. The van der Waals surface area contributed by atoms with Crippen LogP contribution >= 0.6 is 11.6 Å². The molecule has 0 radical (unpaired) electrons. The number of piperazine rings is 1. The second kappa shape index (κ2) is 9.31. The summed E-state index contributed by atoms with van der Waals surface area (Å²) in [4.78, 5) is 30.7. The molecule has 2 saturated heterocycles. The number of aromatic amines is 1. The van der Waals surface area contributed by atoms with Crippen LogP contribution < -0.4 is 10.2 Å². The number of hydrogen-bond acceptors (Lipinski definition) is 5. The average Bonchev–Trinajstić information content (AvgIpc) is 3.28. The van der Waals surface area contributed by atoms with E-state index in [1.807, 2.05) is 36.5 Å². The standard InChI is InChI=1S/C25H31ClN6O/c1-16(2)28-12-22(17-6-8-18(26)9-7-17)25(33)32-19-4-3-5-20(32)14-31(13-19)24-21-10-11-27-23(21)29-15-30-24/h6-11,15-16,19-20,22,28H,3-5,12-14H2,1-2H3,(H,27,29,30). The van der Waals surface area contributed by atoms with E-state index in [1.165, 1.54) is 0 Å². The number of H-pyrrole nitrogens is 1. The van der Waals surface area contributed by atoms with Crippen molar-refractivity contribution in [3.8, 4) is 0 Å². The second-order valence-electron chi connectivity index (χ2n) is 9.49. The van der Waals surface area contributed by atoms with Gasteiger partial charge >= 0.3 is 0 Å². The predicted octanol–water partition coefficient (Wildman–Crippen LogP) is 3.96. The summed E-state index contributed by atoms with van der Waals surface area (Å²) in [6, 6.07) is 10.4. The van der Waals surface area contributed by atoms with Crippen LogP contribution in [0.25, 0.3) is 11.0 Å². The summed E-state index contributed by atoms with van der Waals surface area (Å²) in [5.41, 5.74) is 1.87. The second-order valence-corrected chi connectivity index (χ2v) is 9.93. The molecule has 4 heterocycles. The van der Waals surface area contributed by atoms with Crippen LogP contribution in [0.4, 0.5) is 5.82 Å². The summed E-state index contributed by atoms with van der Waals surface area (Å²) in [7, 11) is 0. The molecule has 33 heavy (non-hydrogen) atoms. The van der Waals surface area contributed by atoms with Crippen molar-refractivity contribution < 1.29 is 4.79 Å². The molecule has 2 N–H and O–H groups in total.